The molecule has 1 atom stereocenters. The third-order valence-electron chi connectivity index (χ3n) is 5.01. The maximum Gasteiger partial charge on any atom is 0.246 e. The lowest BCUT2D eigenvalue weighted by Gasteiger charge is -2.23. The SMILES string of the molecule is COc1cc(NC(=O)C2CC2)ccc1S(=O)(=O)N1CCC(C)(CN)C1.Cl. The van der Waals surface area contributed by atoms with E-state index < -0.39 is 10.0 Å². The van der Waals surface area contributed by atoms with E-state index in [2.05, 4.69) is 5.32 Å². The minimum Gasteiger partial charge on any atom is -0.495 e. The number of methoxy groups -OCH3 is 1. The molecule has 1 saturated carbocycles. The Hall–Kier alpha value is -1.35. The van der Waals surface area contributed by atoms with E-state index in [4.69, 9.17) is 10.5 Å². The van der Waals surface area contributed by atoms with Gasteiger partial charge >= 0.3 is 0 Å². The van der Waals surface area contributed by atoms with Gasteiger partial charge in [-0.05, 0) is 43.4 Å². The third-order valence-corrected chi connectivity index (χ3v) is 6.90. The predicted molar refractivity (Wildman–Crippen MR) is 102 cm³/mol. The summed E-state index contributed by atoms with van der Waals surface area (Å²) in [5.41, 5.74) is 6.12. The van der Waals surface area contributed by atoms with Gasteiger partial charge in [0.2, 0.25) is 15.9 Å². The molecule has 9 heteroatoms. The molecule has 0 spiro atoms. The molecule has 1 saturated heterocycles. The summed E-state index contributed by atoms with van der Waals surface area (Å²) in [5, 5.41) is 2.81. The number of carbonyl (C=O) groups is 1. The summed E-state index contributed by atoms with van der Waals surface area (Å²) in [4.78, 5) is 12.0. The molecule has 26 heavy (non-hydrogen) atoms. The molecule has 3 N–H and O–H groups in total. The maximum atomic E-state index is 13.0. The molecule has 0 bridgehead atoms. The minimum atomic E-state index is -3.67. The van der Waals surface area contributed by atoms with Gasteiger partial charge < -0.3 is 15.8 Å². The number of benzene rings is 1. The molecular formula is C17H26ClN3O4S. The lowest BCUT2D eigenvalue weighted by Crippen LogP contribution is -2.34. The Labute approximate surface area is 160 Å². The maximum absolute atomic E-state index is 13.0. The number of rotatable bonds is 6. The average molecular weight is 404 g/mol. The van der Waals surface area contributed by atoms with E-state index in [0.717, 1.165) is 19.3 Å². The summed E-state index contributed by atoms with van der Waals surface area (Å²) in [7, 11) is -2.25. The quantitative estimate of drug-likeness (QED) is 0.754. The molecule has 2 fully saturated rings. The Morgan fingerprint density at radius 1 is 1.42 bits per heavy atom. The van der Waals surface area contributed by atoms with Crippen LogP contribution in [0.3, 0.4) is 0 Å². The van der Waals surface area contributed by atoms with Crippen LogP contribution in [0, 0.1) is 11.3 Å². The second kappa shape index (κ2) is 7.72. The first-order valence-electron chi connectivity index (χ1n) is 8.48. The fraction of sp³-hybridized carbons (Fsp3) is 0.588. The summed E-state index contributed by atoms with van der Waals surface area (Å²) in [6.07, 6.45) is 2.55. The molecule has 1 heterocycles. The molecular weight excluding hydrogens is 378 g/mol. The molecule has 1 aromatic carbocycles. The van der Waals surface area contributed by atoms with Crippen molar-refractivity contribution in [2.75, 3.05) is 32.1 Å². The Bertz CT molecular complexity index is 782. The van der Waals surface area contributed by atoms with Crippen LogP contribution in [0.25, 0.3) is 0 Å². The lowest BCUT2D eigenvalue weighted by molar-refractivity contribution is -0.117. The summed E-state index contributed by atoms with van der Waals surface area (Å²) in [6.45, 7) is 3.28. The number of nitrogens with zero attached hydrogens (tertiary/aromatic N) is 1. The molecule has 1 amide bonds. The van der Waals surface area contributed by atoms with Crippen molar-refractivity contribution in [2.24, 2.45) is 17.1 Å². The van der Waals surface area contributed by atoms with Gasteiger partial charge in [0.05, 0.1) is 7.11 Å². The Morgan fingerprint density at radius 3 is 2.65 bits per heavy atom. The molecule has 1 aliphatic carbocycles. The number of carbonyl (C=O) groups excluding carboxylic acids is 1. The number of nitrogens with one attached hydrogen (secondary N) is 1. The number of halogens is 1. The Morgan fingerprint density at radius 2 is 2.12 bits per heavy atom. The second-order valence-corrected chi connectivity index (χ2v) is 9.14. The van der Waals surface area contributed by atoms with Crippen molar-refractivity contribution in [3.05, 3.63) is 18.2 Å². The molecule has 1 aromatic rings. The van der Waals surface area contributed by atoms with Crippen molar-refractivity contribution in [3.63, 3.8) is 0 Å². The zero-order chi connectivity index (χ0) is 18.2. The largest absolute Gasteiger partial charge is 0.495 e. The Kier molecular flexibility index (Phi) is 6.22. The monoisotopic (exact) mass is 403 g/mol. The normalized spacial score (nSPS) is 23.3. The highest BCUT2D eigenvalue weighted by molar-refractivity contribution is 7.89. The highest BCUT2D eigenvalue weighted by Crippen LogP contribution is 2.36. The third kappa shape index (κ3) is 4.14. The minimum absolute atomic E-state index is 0. The van der Waals surface area contributed by atoms with Crippen molar-refractivity contribution in [3.8, 4) is 5.75 Å². The van der Waals surface area contributed by atoms with Crippen molar-refractivity contribution in [1.29, 1.82) is 0 Å². The van der Waals surface area contributed by atoms with Gasteiger partial charge in [-0.2, -0.15) is 4.31 Å². The highest BCUT2D eigenvalue weighted by atomic mass is 35.5. The zero-order valence-corrected chi connectivity index (χ0v) is 16.7. The van der Waals surface area contributed by atoms with Gasteiger partial charge in [0.1, 0.15) is 10.6 Å². The molecule has 1 unspecified atom stereocenters. The van der Waals surface area contributed by atoms with Gasteiger partial charge in [-0.1, -0.05) is 6.92 Å². The number of amides is 1. The summed E-state index contributed by atoms with van der Waals surface area (Å²) in [5.74, 6) is 0.277. The molecule has 0 radical (unpaired) electrons. The van der Waals surface area contributed by atoms with E-state index in [1.165, 1.54) is 17.5 Å². The van der Waals surface area contributed by atoms with Crippen LogP contribution in [0.4, 0.5) is 5.69 Å². The van der Waals surface area contributed by atoms with Crippen LogP contribution in [-0.2, 0) is 14.8 Å². The van der Waals surface area contributed by atoms with Crippen LogP contribution in [0.5, 0.6) is 5.75 Å². The average Bonchev–Trinajstić information content (AvgIpc) is 3.37. The first-order valence-corrected chi connectivity index (χ1v) is 9.92. The van der Waals surface area contributed by atoms with Gasteiger partial charge in [-0.25, -0.2) is 8.42 Å². The van der Waals surface area contributed by atoms with E-state index >= 15 is 0 Å². The number of anilines is 1. The molecule has 2 aliphatic rings. The van der Waals surface area contributed by atoms with Gasteiger partial charge in [0.15, 0.2) is 0 Å². The smallest absolute Gasteiger partial charge is 0.246 e. The molecule has 7 nitrogen and oxygen atoms in total. The number of nitrogens with two attached hydrogens (primary N) is 1. The van der Waals surface area contributed by atoms with E-state index in [1.807, 2.05) is 6.92 Å². The van der Waals surface area contributed by atoms with Crippen LogP contribution in [0.1, 0.15) is 26.2 Å². The van der Waals surface area contributed by atoms with E-state index in [-0.39, 0.29) is 40.3 Å². The number of ether oxygens (including phenoxy) is 1. The topological polar surface area (TPSA) is 102 Å². The number of hydrogen-bond donors (Lipinski definition) is 2. The van der Waals surface area contributed by atoms with Gasteiger partial charge in [0, 0.05) is 30.8 Å². The molecule has 1 aliphatic heterocycles. The van der Waals surface area contributed by atoms with Crippen LogP contribution in [0.15, 0.2) is 23.1 Å². The highest BCUT2D eigenvalue weighted by Gasteiger charge is 2.40. The molecule has 146 valence electrons. The van der Waals surface area contributed by atoms with Crippen molar-refractivity contribution < 1.29 is 17.9 Å². The predicted octanol–water partition coefficient (Wildman–Crippen LogP) is 1.82. The van der Waals surface area contributed by atoms with Crippen LogP contribution < -0.4 is 15.8 Å². The lowest BCUT2D eigenvalue weighted by atomic mass is 9.90. The fourth-order valence-electron chi connectivity index (χ4n) is 3.04. The Balaban J connectivity index is 0.00000243. The standard InChI is InChI=1S/C17H25N3O4S.ClH/c1-17(10-18)7-8-20(11-17)25(22,23)15-6-5-13(9-14(15)24-2)19-16(21)12-3-4-12;/h5-6,9,12H,3-4,7-8,10-11,18H2,1-2H3,(H,19,21);1H. The van der Waals surface area contributed by atoms with Gasteiger partial charge in [-0.3, -0.25) is 4.79 Å². The summed E-state index contributed by atoms with van der Waals surface area (Å²) < 4.78 is 32.7. The summed E-state index contributed by atoms with van der Waals surface area (Å²) >= 11 is 0. The van der Waals surface area contributed by atoms with Crippen LogP contribution in [-0.4, -0.2) is 45.4 Å². The molecule has 0 aromatic heterocycles. The van der Waals surface area contributed by atoms with Crippen molar-refractivity contribution in [1.82, 2.24) is 4.31 Å². The fourth-order valence-corrected chi connectivity index (χ4v) is 4.77. The molecule has 3 rings (SSSR count). The van der Waals surface area contributed by atoms with Crippen LogP contribution in [0.2, 0.25) is 0 Å². The van der Waals surface area contributed by atoms with Crippen molar-refractivity contribution in [2.45, 2.75) is 31.1 Å². The van der Waals surface area contributed by atoms with E-state index in [0.29, 0.717) is 25.3 Å². The van der Waals surface area contributed by atoms with E-state index in [9.17, 15) is 13.2 Å². The van der Waals surface area contributed by atoms with Crippen molar-refractivity contribution >= 4 is 34.0 Å². The first kappa shape index (κ1) is 21.0. The van der Waals surface area contributed by atoms with E-state index in [1.54, 1.807) is 12.1 Å². The van der Waals surface area contributed by atoms with Crippen LogP contribution >= 0.6 is 12.4 Å². The number of hydrogen-bond acceptors (Lipinski definition) is 5. The number of sulfonamides is 1. The second-order valence-electron chi connectivity index (χ2n) is 7.23. The first-order chi connectivity index (χ1) is 11.8. The van der Waals surface area contributed by atoms with Gasteiger partial charge in [-0.15, -0.1) is 12.4 Å². The summed E-state index contributed by atoms with van der Waals surface area (Å²) in [6, 6.07) is 4.66. The van der Waals surface area contributed by atoms with Gasteiger partial charge in [0.25, 0.3) is 0 Å². The zero-order valence-electron chi connectivity index (χ0n) is 15.0.